The zero-order chi connectivity index (χ0) is 28.4. The Morgan fingerprint density at radius 2 is 0.816 bits per heavy atom. The van der Waals surface area contributed by atoms with E-state index in [0.29, 0.717) is 0 Å². The summed E-state index contributed by atoms with van der Waals surface area (Å²) in [5, 5.41) is 33.8. The van der Waals surface area contributed by atoms with E-state index in [0.717, 1.165) is 81.7 Å². The van der Waals surface area contributed by atoms with Gasteiger partial charge in [-0.3, -0.25) is 0 Å². The highest BCUT2D eigenvalue weighted by Crippen LogP contribution is 2.37. The summed E-state index contributed by atoms with van der Waals surface area (Å²) in [6.45, 7) is 4.61. The largest absolute Gasteiger partial charge is 0.334 e. The average molecular weight is 635 g/mol. The van der Waals surface area contributed by atoms with Gasteiger partial charge in [-0.05, 0) is 48.1 Å². The molecule has 4 atom stereocenters. The van der Waals surface area contributed by atoms with Gasteiger partial charge in [0.15, 0.2) is 0 Å². The molecular weight excluding hydrogens is 575 g/mol. The third kappa shape index (κ3) is 22.8. The molecule has 10 N–H and O–H groups in total. The molecule has 0 bridgehead atoms. The minimum Gasteiger partial charge on any atom is -0.334 e. The molecule has 0 rings (SSSR count). The molecule has 0 aliphatic heterocycles. The van der Waals surface area contributed by atoms with Crippen molar-refractivity contribution in [3.8, 4) is 0 Å². The number of hydrogen-bond acceptors (Lipinski definition) is 9. The minimum atomic E-state index is -0.402. The number of carbonyl (C=O) groups is 1. The Bertz CT molecular complexity index is 541. The summed E-state index contributed by atoms with van der Waals surface area (Å²) in [4.78, 5) is 12.5. The summed E-state index contributed by atoms with van der Waals surface area (Å²) < 4.78 is 0. The Kier molecular flexibility index (Phi) is 29.0. The Labute approximate surface area is 240 Å². The van der Waals surface area contributed by atoms with Crippen LogP contribution in [0.4, 0.5) is 4.79 Å². The van der Waals surface area contributed by atoms with E-state index in [1.165, 1.54) is 6.16 Å². The quantitative estimate of drug-likeness (QED) is 0.0612. The van der Waals surface area contributed by atoms with Crippen molar-refractivity contribution in [2.45, 2.75) is 6.92 Å². The van der Waals surface area contributed by atoms with Crippen LogP contribution in [0.15, 0.2) is 0 Å². The van der Waals surface area contributed by atoms with Crippen LogP contribution in [0.1, 0.15) is 6.92 Å². The lowest BCUT2D eigenvalue weighted by Crippen LogP contribution is -2.38. The van der Waals surface area contributed by atoms with Gasteiger partial charge < -0.3 is 53.2 Å². The Morgan fingerprint density at radius 3 is 1.24 bits per heavy atom. The van der Waals surface area contributed by atoms with Gasteiger partial charge in [0.1, 0.15) is 0 Å². The van der Waals surface area contributed by atoms with Crippen LogP contribution in [0.2, 0.25) is 0 Å². The van der Waals surface area contributed by atoms with Crippen molar-refractivity contribution >= 4 is 45.6 Å². The number of amides is 2. The number of nitrogens with one attached hydrogen (secondary N) is 10. The third-order valence-electron chi connectivity index (χ3n) is 5.39. The molecule has 4 unspecified atom stereocenters. The first-order valence-corrected chi connectivity index (χ1v) is 23.1. The van der Waals surface area contributed by atoms with Crippen LogP contribution < -0.4 is 53.2 Å². The van der Waals surface area contributed by atoms with Crippen LogP contribution in [0.25, 0.3) is 0 Å². The smallest absolute Gasteiger partial charge is 0.315 e. The summed E-state index contributed by atoms with van der Waals surface area (Å²) in [5.74, 6) is 0. The molecule has 228 valence electrons. The highest BCUT2D eigenvalue weighted by atomic mass is 31.1. The lowest BCUT2D eigenvalue weighted by molar-refractivity contribution is 0.244. The van der Waals surface area contributed by atoms with Gasteiger partial charge >= 0.3 is 6.03 Å². The first-order valence-electron chi connectivity index (χ1n) is 13.4. The molecule has 0 heterocycles. The van der Waals surface area contributed by atoms with Crippen molar-refractivity contribution in [1.29, 1.82) is 0 Å². The molecule has 16 heteroatoms. The maximum Gasteiger partial charge on any atom is 0.315 e. The third-order valence-corrected chi connectivity index (χ3v) is 15.5. The second-order valence-electron chi connectivity index (χ2n) is 9.11. The number of urea groups is 1. The van der Waals surface area contributed by atoms with E-state index in [1.54, 1.807) is 0 Å². The predicted molar refractivity (Wildman–Crippen MR) is 181 cm³/mol. The van der Waals surface area contributed by atoms with Gasteiger partial charge in [0, 0.05) is 81.7 Å². The van der Waals surface area contributed by atoms with Crippen molar-refractivity contribution in [1.82, 2.24) is 53.2 Å². The lowest BCUT2D eigenvalue weighted by atomic mass is 10.9. The van der Waals surface area contributed by atoms with E-state index < -0.39 is 7.92 Å². The topological polar surface area (TPSA) is 137 Å². The standard InChI is InChI=1S/C22H59N10OP5/c1-8-35(10-24-3)15-29-17-37(13-27-6)18-30-19-38(16-28-14-34(7)9-23-2)21-32-22(33)31-20-36(11-25-4)12-26-5/h23-30H,8-21H2,1-7H3,(H2,31,32,33). The first kappa shape index (κ1) is 39.1. The Hall–Kier alpha value is 1.10. The molecule has 11 nitrogen and oxygen atoms in total. The highest BCUT2D eigenvalue weighted by Gasteiger charge is 2.14. The molecule has 0 saturated carbocycles. The second-order valence-corrected chi connectivity index (χ2v) is 20.9. The van der Waals surface area contributed by atoms with E-state index >= 15 is 0 Å². The number of hydrogen-bond donors (Lipinski definition) is 10. The predicted octanol–water partition coefficient (Wildman–Crippen LogP) is 1.66. The average Bonchev–Trinajstić information content (AvgIpc) is 2.89. The summed E-state index contributed by atoms with van der Waals surface area (Å²) in [5.41, 5.74) is 0. The van der Waals surface area contributed by atoms with E-state index in [9.17, 15) is 4.79 Å². The molecule has 0 aliphatic rings. The van der Waals surface area contributed by atoms with Crippen LogP contribution in [-0.2, 0) is 0 Å². The van der Waals surface area contributed by atoms with E-state index in [1.807, 2.05) is 35.2 Å². The molecule has 0 spiro atoms. The van der Waals surface area contributed by atoms with Crippen LogP contribution >= 0.6 is 39.6 Å². The Balaban J connectivity index is 4.70. The molecule has 0 fully saturated rings. The maximum atomic E-state index is 12.5. The summed E-state index contributed by atoms with van der Waals surface area (Å²) in [6.07, 6.45) is 14.0. The monoisotopic (exact) mass is 634 g/mol. The van der Waals surface area contributed by atoms with Gasteiger partial charge in [-0.1, -0.05) is 46.5 Å². The van der Waals surface area contributed by atoms with E-state index in [-0.39, 0.29) is 37.7 Å². The first-order chi connectivity index (χ1) is 18.4. The van der Waals surface area contributed by atoms with Crippen molar-refractivity contribution in [2.24, 2.45) is 0 Å². The number of rotatable bonds is 27. The van der Waals surface area contributed by atoms with Crippen molar-refractivity contribution in [3.05, 3.63) is 0 Å². The van der Waals surface area contributed by atoms with Crippen LogP contribution in [-0.4, -0.2) is 136 Å². The Morgan fingerprint density at radius 1 is 0.474 bits per heavy atom. The number of carbonyl (C=O) groups excluding carboxylic acids is 1. The second kappa shape index (κ2) is 28.2. The van der Waals surface area contributed by atoms with Gasteiger partial charge in [0.25, 0.3) is 0 Å². The fourth-order valence-electron chi connectivity index (χ4n) is 3.56. The summed E-state index contributed by atoms with van der Waals surface area (Å²) in [7, 11) is 9.11. The highest BCUT2D eigenvalue weighted by molar-refractivity contribution is 7.59. The van der Waals surface area contributed by atoms with Crippen molar-refractivity contribution < 1.29 is 4.79 Å². The van der Waals surface area contributed by atoms with E-state index in [4.69, 9.17) is 0 Å². The lowest BCUT2D eigenvalue weighted by Gasteiger charge is -2.25. The molecular formula is C22H59N10OP5. The molecule has 0 radical (unpaired) electrons. The molecule has 0 aromatic carbocycles. The summed E-state index contributed by atoms with van der Waals surface area (Å²) >= 11 is 0. The molecule has 38 heavy (non-hydrogen) atoms. The summed E-state index contributed by atoms with van der Waals surface area (Å²) in [6, 6.07) is -0.0549. The molecule has 0 aromatic rings. The normalized spacial score (nSPS) is 14.8. The van der Waals surface area contributed by atoms with E-state index in [2.05, 4.69) is 66.8 Å². The van der Waals surface area contributed by atoms with Crippen LogP contribution in [0.3, 0.4) is 0 Å². The van der Waals surface area contributed by atoms with Gasteiger partial charge in [-0.2, -0.15) is 0 Å². The van der Waals surface area contributed by atoms with Crippen molar-refractivity contribution in [2.75, 3.05) is 130 Å². The zero-order valence-electron chi connectivity index (χ0n) is 25.0. The molecule has 0 saturated heterocycles. The molecule has 0 aromatic heterocycles. The fourth-order valence-corrected chi connectivity index (χ4v) is 11.5. The van der Waals surface area contributed by atoms with Gasteiger partial charge in [0.2, 0.25) is 0 Å². The zero-order valence-corrected chi connectivity index (χ0v) is 29.5. The maximum absolute atomic E-state index is 12.5. The van der Waals surface area contributed by atoms with Gasteiger partial charge in [-0.15, -0.1) is 0 Å². The molecule has 0 aliphatic carbocycles. The van der Waals surface area contributed by atoms with Crippen LogP contribution in [0.5, 0.6) is 0 Å². The van der Waals surface area contributed by atoms with Crippen LogP contribution in [0, 0.1) is 0 Å². The fraction of sp³-hybridized carbons (Fsp3) is 0.955. The SMILES string of the molecule is CCP(CNC)CNCP(CNC)CNCP(CNCP(C)CNC)CNC(=O)NCP(CNC)CNC. The minimum absolute atomic E-state index is 0.0268. The van der Waals surface area contributed by atoms with Gasteiger partial charge in [0.05, 0.1) is 0 Å². The van der Waals surface area contributed by atoms with Crippen molar-refractivity contribution in [3.63, 3.8) is 0 Å². The molecule has 2 amide bonds. The van der Waals surface area contributed by atoms with Gasteiger partial charge in [-0.25, -0.2) is 4.79 Å².